The van der Waals surface area contributed by atoms with Crippen LogP contribution in [0.15, 0.2) is 41.1 Å². The maximum Gasteiger partial charge on any atom is 0.274 e. The maximum absolute atomic E-state index is 13.9. The number of aromatic nitrogens is 3. The number of carbonyl (C=O) groups excluding carboxylic acids is 1. The molecule has 3 aromatic rings. The third kappa shape index (κ3) is 3.76. The number of rotatable bonds is 6. The molecule has 7 nitrogen and oxygen atoms in total. The molecule has 0 spiro atoms. The van der Waals surface area contributed by atoms with E-state index in [1.807, 2.05) is 6.07 Å². The summed E-state index contributed by atoms with van der Waals surface area (Å²) < 4.78 is 26.0. The van der Waals surface area contributed by atoms with Crippen molar-refractivity contribution in [2.24, 2.45) is 0 Å². The highest BCUT2D eigenvalue weighted by molar-refractivity contribution is 5.77. The van der Waals surface area contributed by atoms with Crippen molar-refractivity contribution in [1.82, 2.24) is 20.0 Å². The molecule has 1 aromatic carbocycles. The summed E-state index contributed by atoms with van der Waals surface area (Å²) in [6.07, 6.45) is 6.19. The minimum absolute atomic E-state index is 0.0404. The van der Waals surface area contributed by atoms with Gasteiger partial charge in [0.15, 0.2) is 11.6 Å². The van der Waals surface area contributed by atoms with Gasteiger partial charge in [0.1, 0.15) is 12.2 Å². The lowest BCUT2D eigenvalue weighted by Crippen LogP contribution is -2.35. The zero-order valence-electron chi connectivity index (χ0n) is 15.5. The summed E-state index contributed by atoms with van der Waals surface area (Å²) in [5.41, 5.74) is 1.11. The number of carbonyl (C=O) groups is 1. The molecular weight excluding hydrogens is 363 g/mol. The second-order valence-corrected chi connectivity index (χ2v) is 6.84. The highest BCUT2D eigenvalue weighted by atomic mass is 19.1. The van der Waals surface area contributed by atoms with E-state index in [1.165, 1.54) is 19.2 Å². The van der Waals surface area contributed by atoms with Crippen molar-refractivity contribution in [3.8, 4) is 28.7 Å². The number of nitrogens with one attached hydrogen (secondary N) is 1. The van der Waals surface area contributed by atoms with Crippen LogP contribution in [0.5, 0.6) is 5.75 Å². The van der Waals surface area contributed by atoms with E-state index in [2.05, 4.69) is 15.5 Å². The fourth-order valence-electron chi connectivity index (χ4n) is 3.49. The third-order valence-corrected chi connectivity index (χ3v) is 4.92. The second kappa shape index (κ2) is 7.84. The van der Waals surface area contributed by atoms with Gasteiger partial charge in [0, 0.05) is 17.8 Å². The molecule has 146 valence electrons. The molecule has 1 aliphatic rings. The van der Waals surface area contributed by atoms with Crippen molar-refractivity contribution in [3.63, 3.8) is 0 Å². The molecule has 0 unspecified atom stereocenters. The molecule has 1 amide bonds. The smallest absolute Gasteiger partial charge is 0.274 e. The molecule has 0 aliphatic heterocycles. The van der Waals surface area contributed by atoms with Crippen molar-refractivity contribution in [3.05, 3.63) is 42.3 Å². The predicted molar refractivity (Wildman–Crippen MR) is 100 cm³/mol. The first kappa shape index (κ1) is 18.2. The molecule has 0 atom stereocenters. The fraction of sp³-hybridized carbons (Fsp3) is 0.350. The van der Waals surface area contributed by atoms with E-state index in [-0.39, 0.29) is 36.0 Å². The summed E-state index contributed by atoms with van der Waals surface area (Å²) in [6.45, 7) is 0.174. The van der Waals surface area contributed by atoms with Gasteiger partial charge >= 0.3 is 0 Å². The number of hydrogen-bond acceptors (Lipinski definition) is 5. The highest BCUT2D eigenvalue weighted by Gasteiger charge is 2.19. The van der Waals surface area contributed by atoms with Gasteiger partial charge < -0.3 is 19.1 Å². The second-order valence-electron chi connectivity index (χ2n) is 6.84. The minimum Gasteiger partial charge on any atom is -0.494 e. The molecule has 1 saturated carbocycles. The SMILES string of the molecule is COc1ccc(-c2noc(-c3cccn3CC(=O)NC3CCCC3)n2)cc1F. The number of methoxy groups -OCH3 is 1. The van der Waals surface area contributed by atoms with Gasteiger partial charge in [-0.05, 0) is 43.2 Å². The summed E-state index contributed by atoms with van der Waals surface area (Å²) in [4.78, 5) is 16.7. The van der Waals surface area contributed by atoms with E-state index >= 15 is 0 Å². The molecule has 0 bridgehead atoms. The first-order valence-electron chi connectivity index (χ1n) is 9.26. The minimum atomic E-state index is -0.502. The van der Waals surface area contributed by atoms with Gasteiger partial charge in [0.2, 0.25) is 11.7 Å². The lowest BCUT2D eigenvalue weighted by atomic mass is 10.2. The monoisotopic (exact) mass is 384 g/mol. The van der Waals surface area contributed by atoms with Crippen molar-refractivity contribution >= 4 is 5.91 Å². The number of ether oxygens (including phenoxy) is 1. The number of nitrogens with zero attached hydrogens (tertiary/aromatic N) is 3. The number of hydrogen-bond donors (Lipinski definition) is 1. The van der Waals surface area contributed by atoms with Crippen LogP contribution in [0.1, 0.15) is 25.7 Å². The van der Waals surface area contributed by atoms with Crippen molar-refractivity contribution in [2.75, 3.05) is 7.11 Å². The Labute approximate surface area is 161 Å². The summed E-state index contributed by atoms with van der Waals surface area (Å²) in [6, 6.07) is 8.35. The Morgan fingerprint density at radius 2 is 2.18 bits per heavy atom. The molecule has 4 rings (SSSR count). The molecule has 0 saturated heterocycles. The lowest BCUT2D eigenvalue weighted by molar-refractivity contribution is -0.122. The molecular formula is C20H21FN4O3. The maximum atomic E-state index is 13.9. The van der Waals surface area contributed by atoms with E-state index in [0.717, 1.165) is 25.7 Å². The van der Waals surface area contributed by atoms with Gasteiger partial charge in [-0.1, -0.05) is 18.0 Å². The zero-order chi connectivity index (χ0) is 19.5. The average Bonchev–Trinajstić information content (AvgIpc) is 3.43. The predicted octanol–water partition coefficient (Wildman–Crippen LogP) is 3.41. The molecule has 1 fully saturated rings. The number of benzene rings is 1. The van der Waals surface area contributed by atoms with Crippen LogP contribution < -0.4 is 10.1 Å². The Morgan fingerprint density at radius 3 is 2.93 bits per heavy atom. The van der Waals surface area contributed by atoms with Gasteiger partial charge in [0.05, 0.1) is 7.11 Å². The molecule has 2 heterocycles. The average molecular weight is 384 g/mol. The summed E-state index contributed by atoms with van der Waals surface area (Å²) in [5.74, 6) is 0.138. The molecule has 0 radical (unpaired) electrons. The molecule has 1 aliphatic carbocycles. The first-order valence-corrected chi connectivity index (χ1v) is 9.26. The van der Waals surface area contributed by atoms with E-state index in [0.29, 0.717) is 11.3 Å². The molecule has 1 N–H and O–H groups in total. The Morgan fingerprint density at radius 1 is 1.36 bits per heavy atom. The van der Waals surface area contributed by atoms with Crippen LogP contribution in [0.25, 0.3) is 23.0 Å². The Bertz CT molecular complexity index is 975. The largest absolute Gasteiger partial charge is 0.494 e. The third-order valence-electron chi connectivity index (χ3n) is 4.92. The first-order chi connectivity index (χ1) is 13.6. The fourth-order valence-corrected chi connectivity index (χ4v) is 3.49. The normalized spacial score (nSPS) is 14.4. The van der Waals surface area contributed by atoms with E-state index in [1.54, 1.807) is 22.9 Å². The van der Waals surface area contributed by atoms with Gasteiger partial charge in [-0.15, -0.1) is 0 Å². The molecule has 8 heteroatoms. The van der Waals surface area contributed by atoms with Crippen LogP contribution >= 0.6 is 0 Å². The Hall–Kier alpha value is -3.16. The number of halogens is 1. The highest BCUT2D eigenvalue weighted by Crippen LogP contribution is 2.26. The lowest BCUT2D eigenvalue weighted by Gasteiger charge is -2.13. The van der Waals surface area contributed by atoms with Crippen LogP contribution in [0.2, 0.25) is 0 Å². The van der Waals surface area contributed by atoms with Gasteiger partial charge in [-0.25, -0.2) is 4.39 Å². The van der Waals surface area contributed by atoms with Crippen molar-refractivity contribution < 1.29 is 18.4 Å². The molecule has 2 aromatic heterocycles. The Kier molecular flexibility index (Phi) is 5.10. The van der Waals surface area contributed by atoms with Crippen LogP contribution in [0.4, 0.5) is 4.39 Å². The quantitative estimate of drug-likeness (QED) is 0.704. The Balaban J connectivity index is 1.51. The molecule has 28 heavy (non-hydrogen) atoms. The zero-order valence-corrected chi connectivity index (χ0v) is 15.5. The van der Waals surface area contributed by atoms with Gasteiger partial charge in [-0.3, -0.25) is 4.79 Å². The van der Waals surface area contributed by atoms with E-state index < -0.39 is 5.82 Å². The van der Waals surface area contributed by atoms with Crippen LogP contribution in [0, 0.1) is 5.82 Å². The number of amides is 1. The van der Waals surface area contributed by atoms with Gasteiger partial charge in [-0.2, -0.15) is 4.98 Å². The van der Waals surface area contributed by atoms with Crippen molar-refractivity contribution in [2.45, 2.75) is 38.3 Å². The van der Waals surface area contributed by atoms with Crippen LogP contribution in [0.3, 0.4) is 0 Å². The van der Waals surface area contributed by atoms with Crippen LogP contribution in [-0.4, -0.2) is 33.8 Å². The topological polar surface area (TPSA) is 82.2 Å². The van der Waals surface area contributed by atoms with Crippen LogP contribution in [-0.2, 0) is 11.3 Å². The van der Waals surface area contributed by atoms with Gasteiger partial charge in [0.25, 0.3) is 5.89 Å². The summed E-state index contributed by atoms with van der Waals surface area (Å²) in [5, 5.41) is 7.00. The standard InChI is InChI=1S/C20H21FN4O3/c1-27-17-9-8-13(11-15(17)21)19-23-20(28-24-19)16-7-4-10-25(16)12-18(26)22-14-5-2-3-6-14/h4,7-11,14H,2-3,5-6,12H2,1H3,(H,22,26). The summed E-state index contributed by atoms with van der Waals surface area (Å²) in [7, 11) is 1.40. The van der Waals surface area contributed by atoms with E-state index in [4.69, 9.17) is 9.26 Å². The van der Waals surface area contributed by atoms with E-state index in [9.17, 15) is 9.18 Å². The summed E-state index contributed by atoms with van der Waals surface area (Å²) >= 11 is 0. The van der Waals surface area contributed by atoms with Crippen molar-refractivity contribution in [1.29, 1.82) is 0 Å².